The van der Waals surface area contributed by atoms with Gasteiger partial charge in [0, 0.05) is 14.1 Å². The van der Waals surface area contributed by atoms with E-state index in [1.165, 1.54) is 14.1 Å². The van der Waals surface area contributed by atoms with E-state index in [0.29, 0.717) is 0 Å². The molecule has 0 spiro atoms. The Balaban J connectivity index is 3.02. The fourth-order valence-corrected chi connectivity index (χ4v) is 0.784. The summed E-state index contributed by atoms with van der Waals surface area (Å²) in [7, 11) is 2.90. The largest absolute Gasteiger partial charge is 0.354 e. The van der Waals surface area contributed by atoms with Crippen LogP contribution in [0, 0.1) is 0 Å². The molecular formula is C6H9N5O2. The molecule has 1 heterocycles. The van der Waals surface area contributed by atoms with Gasteiger partial charge in [0.2, 0.25) is 0 Å². The SMILES string of the molecule is CNC(=O)c1n[nH]nc1C(=O)NC. The van der Waals surface area contributed by atoms with Crippen molar-refractivity contribution in [1.29, 1.82) is 0 Å². The molecule has 0 aliphatic heterocycles. The second kappa shape index (κ2) is 3.65. The summed E-state index contributed by atoms with van der Waals surface area (Å²) in [5.74, 6) is -0.903. The normalized spacial score (nSPS) is 9.38. The lowest BCUT2D eigenvalue weighted by Gasteiger charge is -1.96. The Morgan fingerprint density at radius 3 is 1.77 bits per heavy atom. The van der Waals surface area contributed by atoms with E-state index >= 15 is 0 Å². The van der Waals surface area contributed by atoms with Crippen LogP contribution in [0.25, 0.3) is 0 Å². The molecule has 2 amide bonds. The molecule has 13 heavy (non-hydrogen) atoms. The van der Waals surface area contributed by atoms with Crippen molar-refractivity contribution in [2.24, 2.45) is 0 Å². The van der Waals surface area contributed by atoms with Gasteiger partial charge in [-0.3, -0.25) is 9.59 Å². The fraction of sp³-hybridized carbons (Fsp3) is 0.333. The van der Waals surface area contributed by atoms with Gasteiger partial charge < -0.3 is 10.6 Å². The highest BCUT2D eigenvalue weighted by Crippen LogP contribution is 1.99. The Hall–Kier alpha value is -1.92. The van der Waals surface area contributed by atoms with Gasteiger partial charge >= 0.3 is 0 Å². The Bertz CT molecular complexity index is 301. The van der Waals surface area contributed by atoms with Gasteiger partial charge in [0.1, 0.15) is 0 Å². The Morgan fingerprint density at radius 2 is 1.46 bits per heavy atom. The molecule has 3 N–H and O–H groups in total. The molecular weight excluding hydrogens is 174 g/mol. The third-order valence-electron chi connectivity index (χ3n) is 1.43. The highest BCUT2D eigenvalue weighted by atomic mass is 16.2. The van der Waals surface area contributed by atoms with E-state index in [1.54, 1.807) is 0 Å². The zero-order valence-electron chi connectivity index (χ0n) is 7.21. The van der Waals surface area contributed by atoms with Crippen LogP contribution in [0.1, 0.15) is 21.0 Å². The first kappa shape index (κ1) is 9.17. The zero-order valence-corrected chi connectivity index (χ0v) is 7.21. The summed E-state index contributed by atoms with van der Waals surface area (Å²) in [5.41, 5.74) is -0.0244. The first-order valence-electron chi connectivity index (χ1n) is 3.55. The average molecular weight is 183 g/mol. The van der Waals surface area contributed by atoms with Crippen molar-refractivity contribution in [3.63, 3.8) is 0 Å². The maximum atomic E-state index is 11.1. The van der Waals surface area contributed by atoms with Gasteiger partial charge in [0.15, 0.2) is 11.4 Å². The van der Waals surface area contributed by atoms with Crippen LogP contribution in [0.3, 0.4) is 0 Å². The van der Waals surface area contributed by atoms with E-state index < -0.39 is 11.8 Å². The third-order valence-corrected chi connectivity index (χ3v) is 1.43. The molecule has 1 aromatic rings. The number of aromatic nitrogens is 3. The number of amides is 2. The number of carbonyl (C=O) groups excluding carboxylic acids is 2. The maximum Gasteiger partial charge on any atom is 0.274 e. The number of nitrogens with one attached hydrogen (secondary N) is 3. The predicted octanol–water partition coefficient (Wildman–Crippen LogP) is -1.48. The number of hydrogen-bond donors (Lipinski definition) is 3. The number of rotatable bonds is 2. The summed E-state index contributed by atoms with van der Waals surface area (Å²) >= 11 is 0. The molecule has 1 rings (SSSR count). The number of hydrogen-bond acceptors (Lipinski definition) is 4. The van der Waals surface area contributed by atoms with Crippen LogP contribution in [0.15, 0.2) is 0 Å². The van der Waals surface area contributed by atoms with Crippen molar-refractivity contribution in [1.82, 2.24) is 26.0 Å². The molecule has 7 heteroatoms. The van der Waals surface area contributed by atoms with Gasteiger partial charge in [0.25, 0.3) is 11.8 Å². The number of carbonyl (C=O) groups is 2. The average Bonchev–Trinajstić information content (AvgIpc) is 2.63. The van der Waals surface area contributed by atoms with Gasteiger partial charge in [0.05, 0.1) is 0 Å². The smallest absolute Gasteiger partial charge is 0.274 e. The minimum absolute atomic E-state index is 0.0122. The van der Waals surface area contributed by atoms with E-state index in [1.807, 2.05) is 0 Å². The molecule has 0 atom stereocenters. The maximum absolute atomic E-state index is 11.1. The van der Waals surface area contributed by atoms with Crippen molar-refractivity contribution >= 4 is 11.8 Å². The van der Waals surface area contributed by atoms with Crippen molar-refractivity contribution < 1.29 is 9.59 Å². The van der Waals surface area contributed by atoms with Gasteiger partial charge in [-0.15, -0.1) is 10.2 Å². The van der Waals surface area contributed by atoms with E-state index in [9.17, 15) is 9.59 Å². The van der Waals surface area contributed by atoms with Crippen LogP contribution in [0.5, 0.6) is 0 Å². The third kappa shape index (κ3) is 1.63. The summed E-state index contributed by atoms with van der Waals surface area (Å²) in [6.07, 6.45) is 0. The molecule has 0 saturated heterocycles. The number of nitrogens with zero attached hydrogens (tertiary/aromatic N) is 2. The highest BCUT2D eigenvalue weighted by Gasteiger charge is 2.19. The molecule has 0 fully saturated rings. The topological polar surface area (TPSA) is 99.8 Å². The lowest BCUT2D eigenvalue weighted by Crippen LogP contribution is -2.25. The van der Waals surface area contributed by atoms with Crippen LogP contribution in [-0.4, -0.2) is 41.3 Å². The molecule has 1 aromatic heterocycles. The summed E-state index contributed by atoms with van der Waals surface area (Å²) in [5, 5.41) is 14.0. The minimum atomic E-state index is -0.452. The van der Waals surface area contributed by atoms with Gasteiger partial charge in [-0.05, 0) is 0 Å². The molecule has 70 valence electrons. The van der Waals surface area contributed by atoms with Crippen molar-refractivity contribution in [3.8, 4) is 0 Å². The van der Waals surface area contributed by atoms with Crippen LogP contribution in [0.2, 0.25) is 0 Å². The summed E-state index contributed by atoms with van der Waals surface area (Å²) < 4.78 is 0. The number of H-pyrrole nitrogens is 1. The Kier molecular flexibility index (Phi) is 2.58. The van der Waals surface area contributed by atoms with Crippen molar-refractivity contribution in [3.05, 3.63) is 11.4 Å². The van der Waals surface area contributed by atoms with Crippen LogP contribution < -0.4 is 10.6 Å². The monoisotopic (exact) mass is 183 g/mol. The molecule has 7 nitrogen and oxygen atoms in total. The number of aromatic amines is 1. The van der Waals surface area contributed by atoms with Crippen LogP contribution in [0.4, 0.5) is 0 Å². The molecule has 0 aliphatic carbocycles. The molecule has 0 unspecified atom stereocenters. The lowest BCUT2D eigenvalue weighted by atomic mass is 10.3. The second-order valence-electron chi connectivity index (χ2n) is 2.18. The first-order valence-corrected chi connectivity index (χ1v) is 3.55. The Morgan fingerprint density at radius 1 is 1.08 bits per heavy atom. The van der Waals surface area contributed by atoms with Gasteiger partial charge in [-0.25, -0.2) is 0 Å². The van der Waals surface area contributed by atoms with E-state index in [0.717, 1.165) is 0 Å². The zero-order chi connectivity index (χ0) is 9.84. The lowest BCUT2D eigenvalue weighted by molar-refractivity contribution is 0.0924. The molecule has 0 bridgehead atoms. The minimum Gasteiger partial charge on any atom is -0.354 e. The quantitative estimate of drug-likeness (QED) is 0.520. The van der Waals surface area contributed by atoms with Crippen molar-refractivity contribution in [2.45, 2.75) is 0 Å². The summed E-state index contributed by atoms with van der Waals surface area (Å²) in [6.45, 7) is 0. The molecule has 0 aromatic carbocycles. The first-order chi connectivity index (χ1) is 6.20. The molecule has 0 aliphatic rings. The Labute approximate surface area is 73.9 Å². The highest BCUT2D eigenvalue weighted by molar-refractivity contribution is 6.04. The van der Waals surface area contributed by atoms with Crippen LogP contribution in [-0.2, 0) is 0 Å². The van der Waals surface area contributed by atoms with E-state index in [2.05, 4.69) is 26.0 Å². The standard InChI is InChI=1S/C6H9N5O2/c1-7-5(12)3-4(6(13)8-2)10-11-9-3/h1-2H3,(H,7,12)(H,8,13)(H,9,10,11). The summed E-state index contributed by atoms with van der Waals surface area (Å²) in [6, 6.07) is 0. The predicted molar refractivity (Wildman–Crippen MR) is 43.2 cm³/mol. The fourth-order valence-electron chi connectivity index (χ4n) is 0.784. The van der Waals surface area contributed by atoms with E-state index in [4.69, 9.17) is 0 Å². The van der Waals surface area contributed by atoms with Gasteiger partial charge in [-0.2, -0.15) is 5.21 Å². The van der Waals surface area contributed by atoms with Gasteiger partial charge in [-0.1, -0.05) is 0 Å². The van der Waals surface area contributed by atoms with Crippen molar-refractivity contribution in [2.75, 3.05) is 14.1 Å². The molecule has 0 radical (unpaired) electrons. The molecule has 0 saturated carbocycles. The summed E-state index contributed by atoms with van der Waals surface area (Å²) in [4.78, 5) is 22.2. The van der Waals surface area contributed by atoms with E-state index in [-0.39, 0.29) is 11.4 Å². The second-order valence-corrected chi connectivity index (χ2v) is 2.18. The van der Waals surface area contributed by atoms with Crippen LogP contribution >= 0.6 is 0 Å².